The van der Waals surface area contributed by atoms with Gasteiger partial charge in [0.25, 0.3) is 6.02 Å². The first-order valence-corrected chi connectivity index (χ1v) is 3.15. The monoisotopic (exact) mass is 154 g/mol. The molecular formula is C2H6N2O4S. The zero-order valence-electron chi connectivity index (χ0n) is 4.62. The minimum atomic E-state index is -4.07. The summed E-state index contributed by atoms with van der Waals surface area (Å²) in [5.74, 6) is 0. The number of hydrogen-bond donors (Lipinski definition) is 2. The van der Waals surface area contributed by atoms with Crippen LogP contribution >= 0.6 is 0 Å². The van der Waals surface area contributed by atoms with E-state index in [9.17, 15) is 8.42 Å². The maximum absolute atomic E-state index is 10.1. The van der Waals surface area contributed by atoms with Crippen molar-refractivity contribution in [2.75, 3.05) is 7.11 Å². The molecule has 0 saturated carbocycles. The highest BCUT2D eigenvalue weighted by molar-refractivity contribution is 7.82. The van der Waals surface area contributed by atoms with Gasteiger partial charge in [-0.25, -0.2) is 4.18 Å². The molecule has 0 aromatic carbocycles. The van der Waals surface area contributed by atoms with Crippen molar-refractivity contribution in [1.82, 2.24) is 0 Å². The molecule has 0 aliphatic heterocycles. The Morgan fingerprint density at radius 1 is 1.67 bits per heavy atom. The predicted octanol–water partition coefficient (Wildman–Crippen LogP) is -1.21. The van der Waals surface area contributed by atoms with Crippen LogP contribution in [0.5, 0.6) is 0 Å². The van der Waals surface area contributed by atoms with E-state index in [4.69, 9.17) is 5.41 Å². The van der Waals surface area contributed by atoms with E-state index in [1.807, 2.05) is 0 Å². The Kier molecular flexibility index (Phi) is 2.41. The van der Waals surface area contributed by atoms with Crippen LogP contribution in [0.4, 0.5) is 0 Å². The average molecular weight is 154 g/mol. The highest BCUT2D eigenvalue weighted by Crippen LogP contribution is 1.89. The Morgan fingerprint density at radius 2 is 2.11 bits per heavy atom. The van der Waals surface area contributed by atoms with Gasteiger partial charge in [-0.3, -0.25) is 5.41 Å². The highest BCUT2D eigenvalue weighted by atomic mass is 32.3. The summed E-state index contributed by atoms with van der Waals surface area (Å²) in [6, 6.07) is -0.920. The Hall–Kier alpha value is -0.820. The van der Waals surface area contributed by atoms with Crippen LogP contribution in [-0.4, -0.2) is 21.5 Å². The first-order valence-electron chi connectivity index (χ1n) is 1.82. The molecule has 0 fully saturated rings. The van der Waals surface area contributed by atoms with E-state index < -0.39 is 16.4 Å². The van der Waals surface area contributed by atoms with Gasteiger partial charge in [0.15, 0.2) is 0 Å². The average Bonchev–Trinajstić information content (AvgIpc) is 1.63. The van der Waals surface area contributed by atoms with Gasteiger partial charge in [-0.15, -0.1) is 0 Å². The smallest absolute Gasteiger partial charge is 0.353 e. The Bertz CT molecular complexity index is 195. The lowest BCUT2D eigenvalue weighted by Crippen LogP contribution is -2.20. The van der Waals surface area contributed by atoms with E-state index in [2.05, 4.69) is 14.1 Å². The largest absolute Gasteiger partial charge is 0.451 e. The van der Waals surface area contributed by atoms with E-state index in [0.29, 0.717) is 0 Å². The molecule has 0 unspecified atom stereocenters. The van der Waals surface area contributed by atoms with E-state index >= 15 is 0 Å². The SMILES string of the molecule is COS(=O)(=O)OC(=N)N. The summed E-state index contributed by atoms with van der Waals surface area (Å²) in [4.78, 5) is 0. The number of nitrogens with one attached hydrogen (secondary N) is 1. The van der Waals surface area contributed by atoms with E-state index in [-0.39, 0.29) is 0 Å². The molecule has 0 heterocycles. The van der Waals surface area contributed by atoms with Gasteiger partial charge in [-0.1, -0.05) is 0 Å². The molecule has 0 aromatic rings. The molecule has 0 aliphatic carbocycles. The topological polar surface area (TPSA) is 102 Å². The van der Waals surface area contributed by atoms with Crippen molar-refractivity contribution in [3.8, 4) is 0 Å². The van der Waals surface area contributed by atoms with Gasteiger partial charge < -0.3 is 9.92 Å². The molecule has 0 aromatic heterocycles. The predicted molar refractivity (Wildman–Crippen MR) is 28.9 cm³/mol. The zero-order chi connectivity index (χ0) is 7.49. The van der Waals surface area contributed by atoms with Crippen molar-refractivity contribution in [1.29, 1.82) is 5.41 Å². The van der Waals surface area contributed by atoms with Crippen LogP contribution in [0, 0.1) is 5.41 Å². The van der Waals surface area contributed by atoms with Crippen LogP contribution in [0.25, 0.3) is 0 Å². The van der Waals surface area contributed by atoms with Crippen LogP contribution in [-0.2, 0) is 18.8 Å². The maximum atomic E-state index is 10.1. The second kappa shape index (κ2) is 2.65. The molecule has 0 spiro atoms. The van der Waals surface area contributed by atoms with Crippen LogP contribution in [0.3, 0.4) is 0 Å². The summed E-state index contributed by atoms with van der Waals surface area (Å²) in [7, 11) is -3.17. The lowest BCUT2D eigenvalue weighted by atomic mass is 11.3. The summed E-state index contributed by atoms with van der Waals surface area (Å²) < 4.78 is 27.8. The van der Waals surface area contributed by atoms with Crippen LogP contribution < -0.4 is 5.73 Å². The fourth-order valence-electron chi connectivity index (χ4n) is 0.144. The van der Waals surface area contributed by atoms with Gasteiger partial charge in [0.05, 0.1) is 7.11 Å². The van der Waals surface area contributed by atoms with Gasteiger partial charge in [0.1, 0.15) is 0 Å². The highest BCUT2D eigenvalue weighted by Gasteiger charge is 2.09. The second-order valence-electron chi connectivity index (χ2n) is 1.02. The van der Waals surface area contributed by atoms with Crippen LogP contribution in [0.1, 0.15) is 0 Å². The van der Waals surface area contributed by atoms with Gasteiger partial charge in [-0.05, 0) is 0 Å². The molecule has 0 atom stereocenters. The van der Waals surface area contributed by atoms with Gasteiger partial charge in [-0.2, -0.15) is 8.42 Å². The third kappa shape index (κ3) is 3.74. The first-order chi connectivity index (χ1) is 3.98. The fourth-order valence-corrected chi connectivity index (χ4v) is 0.432. The molecule has 7 heteroatoms. The molecule has 0 aliphatic rings. The maximum Gasteiger partial charge on any atom is 0.451 e. The van der Waals surface area contributed by atoms with Crippen molar-refractivity contribution in [3.05, 3.63) is 0 Å². The number of amidine groups is 1. The van der Waals surface area contributed by atoms with Crippen molar-refractivity contribution in [2.24, 2.45) is 5.73 Å². The minimum absolute atomic E-state index is 0.901. The van der Waals surface area contributed by atoms with Crippen molar-refractivity contribution >= 4 is 16.4 Å². The lowest BCUT2D eigenvalue weighted by Gasteiger charge is -1.98. The van der Waals surface area contributed by atoms with Crippen LogP contribution in [0.15, 0.2) is 0 Å². The first kappa shape index (κ1) is 8.18. The quantitative estimate of drug-likeness (QED) is 0.383. The number of nitrogens with two attached hydrogens (primary N) is 1. The van der Waals surface area contributed by atoms with Crippen molar-refractivity contribution < 1.29 is 16.8 Å². The summed E-state index contributed by atoms with van der Waals surface area (Å²) in [5.41, 5.74) is 4.56. The number of rotatable bonds is 2. The van der Waals surface area contributed by atoms with Gasteiger partial charge in [0, 0.05) is 0 Å². The molecular weight excluding hydrogens is 148 g/mol. The summed E-state index contributed by atoms with van der Waals surface area (Å²) in [6.45, 7) is 0. The summed E-state index contributed by atoms with van der Waals surface area (Å²) >= 11 is 0. The fraction of sp³-hybridized carbons (Fsp3) is 0.500. The zero-order valence-corrected chi connectivity index (χ0v) is 5.44. The molecule has 0 saturated heterocycles. The van der Waals surface area contributed by atoms with E-state index in [1.165, 1.54) is 0 Å². The Morgan fingerprint density at radius 3 is 2.22 bits per heavy atom. The van der Waals surface area contributed by atoms with Gasteiger partial charge in [0.2, 0.25) is 0 Å². The molecule has 0 radical (unpaired) electrons. The lowest BCUT2D eigenvalue weighted by molar-refractivity contribution is 0.324. The number of hydrogen-bond acceptors (Lipinski definition) is 5. The third-order valence-corrected chi connectivity index (χ3v) is 1.19. The van der Waals surface area contributed by atoms with Crippen molar-refractivity contribution in [2.45, 2.75) is 0 Å². The van der Waals surface area contributed by atoms with E-state index in [0.717, 1.165) is 7.11 Å². The molecule has 3 N–H and O–H groups in total. The Balaban J connectivity index is 4.06. The summed E-state index contributed by atoms with van der Waals surface area (Å²) in [6.07, 6.45) is 0. The summed E-state index contributed by atoms with van der Waals surface area (Å²) in [5, 5.41) is 6.35. The Labute approximate surface area is 52.4 Å². The van der Waals surface area contributed by atoms with Crippen molar-refractivity contribution in [3.63, 3.8) is 0 Å². The molecule has 0 bridgehead atoms. The standard InChI is InChI=1S/C2H6N2O4S/c1-7-9(5,6)8-2(3)4/h1H3,(H3,3,4). The molecule has 0 amide bonds. The van der Waals surface area contributed by atoms with Gasteiger partial charge >= 0.3 is 10.4 Å². The molecule has 6 nitrogen and oxygen atoms in total. The molecule has 54 valence electrons. The second-order valence-corrected chi connectivity index (χ2v) is 2.34. The molecule has 9 heavy (non-hydrogen) atoms. The normalized spacial score (nSPS) is 10.8. The van der Waals surface area contributed by atoms with E-state index in [1.54, 1.807) is 0 Å². The van der Waals surface area contributed by atoms with Crippen LogP contribution in [0.2, 0.25) is 0 Å². The minimum Gasteiger partial charge on any atom is -0.353 e. The third-order valence-electron chi connectivity index (χ3n) is 0.396. The molecule has 0 rings (SSSR count).